The van der Waals surface area contributed by atoms with Crippen LogP contribution in [-0.2, 0) is 11.3 Å². The smallest absolute Gasteiger partial charge is 0.328 e. The van der Waals surface area contributed by atoms with Gasteiger partial charge in [0.15, 0.2) is 0 Å². The Morgan fingerprint density at radius 2 is 2.19 bits per heavy atom. The van der Waals surface area contributed by atoms with Crippen LogP contribution in [0.3, 0.4) is 0 Å². The van der Waals surface area contributed by atoms with Crippen LogP contribution in [0, 0.1) is 0 Å². The third kappa shape index (κ3) is 4.70. The number of nitrogens with one attached hydrogen (secondary N) is 2. The highest BCUT2D eigenvalue weighted by Crippen LogP contribution is 2.19. The lowest BCUT2D eigenvalue weighted by Gasteiger charge is -2.13. The average molecular weight is 356 g/mol. The molecule has 6 nitrogen and oxygen atoms in total. The molecule has 1 aromatic rings. The molecule has 7 heteroatoms. The van der Waals surface area contributed by atoms with Crippen molar-refractivity contribution in [1.82, 2.24) is 14.9 Å². The fourth-order valence-electron chi connectivity index (χ4n) is 2.30. The zero-order valence-corrected chi connectivity index (χ0v) is 13.2. The Kier molecular flexibility index (Phi) is 5.55. The number of aromatic amines is 1. The molecular weight excluding hydrogens is 338 g/mol. The Balaban J connectivity index is 1.84. The molecule has 114 valence electrons. The first-order valence-electron chi connectivity index (χ1n) is 7.00. The molecule has 1 aliphatic carbocycles. The van der Waals surface area contributed by atoms with Crippen molar-refractivity contribution in [2.75, 3.05) is 6.54 Å². The van der Waals surface area contributed by atoms with E-state index in [1.165, 1.54) is 29.2 Å². The van der Waals surface area contributed by atoms with E-state index in [0.29, 0.717) is 6.54 Å². The lowest BCUT2D eigenvalue weighted by Crippen LogP contribution is -2.36. The Bertz CT molecular complexity index is 660. The van der Waals surface area contributed by atoms with Crippen LogP contribution in [-0.4, -0.2) is 22.0 Å². The number of rotatable bonds is 5. The van der Waals surface area contributed by atoms with E-state index in [0.717, 1.165) is 19.3 Å². The Morgan fingerprint density at radius 3 is 2.90 bits per heavy atom. The van der Waals surface area contributed by atoms with Crippen molar-refractivity contribution in [2.24, 2.45) is 0 Å². The number of carbonyl (C=O) groups excluding carboxylic acids is 1. The Hall–Kier alpha value is -1.63. The van der Waals surface area contributed by atoms with Crippen molar-refractivity contribution in [3.63, 3.8) is 0 Å². The molecular formula is C14H18BrN3O3. The highest BCUT2D eigenvalue weighted by atomic mass is 79.9. The molecule has 1 aromatic heterocycles. The van der Waals surface area contributed by atoms with Gasteiger partial charge in [-0.25, -0.2) is 4.79 Å². The van der Waals surface area contributed by atoms with Gasteiger partial charge in [-0.1, -0.05) is 11.6 Å². The molecule has 0 saturated heterocycles. The van der Waals surface area contributed by atoms with Gasteiger partial charge in [0, 0.05) is 12.7 Å². The highest BCUT2D eigenvalue weighted by Gasteiger charge is 2.08. The number of aromatic nitrogens is 2. The maximum atomic E-state index is 11.8. The molecule has 0 bridgehead atoms. The lowest BCUT2D eigenvalue weighted by atomic mass is 9.97. The number of halogens is 1. The van der Waals surface area contributed by atoms with Gasteiger partial charge in [-0.3, -0.25) is 19.1 Å². The predicted molar refractivity (Wildman–Crippen MR) is 83.2 cm³/mol. The summed E-state index contributed by atoms with van der Waals surface area (Å²) in [5, 5.41) is 2.79. The van der Waals surface area contributed by atoms with Gasteiger partial charge in [0.1, 0.15) is 6.54 Å². The standard InChI is InChI=1S/C14H18BrN3O3/c15-11-8-18(14(21)17-13(11)20)9-12(19)16-7-6-10-4-2-1-3-5-10/h4,8H,1-3,5-7,9H2,(H,16,19)(H,17,20,21). The number of H-pyrrole nitrogens is 1. The summed E-state index contributed by atoms with van der Waals surface area (Å²) >= 11 is 3.03. The monoisotopic (exact) mass is 355 g/mol. The van der Waals surface area contributed by atoms with E-state index < -0.39 is 11.2 Å². The zero-order valence-electron chi connectivity index (χ0n) is 11.7. The molecule has 0 spiro atoms. The Morgan fingerprint density at radius 1 is 1.38 bits per heavy atom. The highest BCUT2D eigenvalue weighted by molar-refractivity contribution is 9.10. The second-order valence-corrected chi connectivity index (χ2v) is 5.93. The summed E-state index contributed by atoms with van der Waals surface area (Å²) in [6, 6.07) is 0. The first-order valence-corrected chi connectivity index (χ1v) is 7.79. The summed E-state index contributed by atoms with van der Waals surface area (Å²) in [6.07, 6.45) is 9.15. The summed E-state index contributed by atoms with van der Waals surface area (Å²) < 4.78 is 1.39. The van der Waals surface area contributed by atoms with Crippen molar-refractivity contribution in [2.45, 2.75) is 38.6 Å². The molecule has 0 atom stereocenters. The maximum absolute atomic E-state index is 11.8. The van der Waals surface area contributed by atoms with Crippen molar-refractivity contribution in [1.29, 1.82) is 0 Å². The minimum atomic E-state index is -0.590. The van der Waals surface area contributed by atoms with Crippen LogP contribution in [0.25, 0.3) is 0 Å². The van der Waals surface area contributed by atoms with Crippen LogP contribution in [0.4, 0.5) is 0 Å². The van der Waals surface area contributed by atoms with E-state index in [1.54, 1.807) is 0 Å². The van der Waals surface area contributed by atoms with Crippen molar-refractivity contribution >= 4 is 21.8 Å². The second kappa shape index (κ2) is 7.40. The van der Waals surface area contributed by atoms with E-state index in [1.807, 2.05) is 0 Å². The van der Waals surface area contributed by atoms with E-state index in [9.17, 15) is 14.4 Å². The Labute approximate surface area is 130 Å². The van der Waals surface area contributed by atoms with Gasteiger partial charge >= 0.3 is 5.69 Å². The molecule has 1 aliphatic rings. The van der Waals surface area contributed by atoms with Crippen LogP contribution < -0.4 is 16.6 Å². The molecule has 1 heterocycles. The summed E-state index contributed by atoms with van der Waals surface area (Å²) in [5.41, 5.74) is 0.305. The molecule has 2 N–H and O–H groups in total. The van der Waals surface area contributed by atoms with Crippen molar-refractivity contribution < 1.29 is 4.79 Å². The zero-order chi connectivity index (χ0) is 15.2. The van der Waals surface area contributed by atoms with Crippen LogP contribution in [0.5, 0.6) is 0 Å². The number of hydrogen-bond donors (Lipinski definition) is 2. The molecule has 1 amide bonds. The number of allylic oxidation sites excluding steroid dienone is 1. The van der Waals surface area contributed by atoms with Crippen LogP contribution in [0.15, 0.2) is 31.9 Å². The molecule has 0 aliphatic heterocycles. The van der Waals surface area contributed by atoms with Gasteiger partial charge in [-0.2, -0.15) is 0 Å². The van der Waals surface area contributed by atoms with E-state index in [4.69, 9.17) is 0 Å². The normalized spacial score (nSPS) is 14.6. The topological polar surface area (TPSA) is 84.0 Å². The molecule has 2 rings (SSSR count). The number of hydrogen-bond acceptors (Lipinski definition) is 3. The number of carbonyl (C=O) groups is 1. The van der Waals surface area contributed by atoms with Gasteiger partial charge in [-0.15, -0.1) is 0 Å². The van der Waals surface area contributed by atoms with Crippen LogP contribution >= 0.6 is 15.9 Å². The summed E-state index contributed by atoms with van der Waals surface area (Å²) in [6.45, 7) is 0.469. The van der Waals surface area contributed by atoms with Crippen LogP contribution in [0.2, 0.25) is 0 Å². The van der Waals surface area contributed by atoms with Crippen molar-refractivity contribution in [3.8, 4) is 0 Å². The van der Waals surface area contributed by atoms with Gasteiger partial charge in [0.05, 0.1) is 4.47 Å². The summed E-state index contributed by atoms with van der Waals surface area (Å²) in [4.78, 5) is 36.7. The minimum absolute atomic E-state index is 0.104. The SMILES string of the molecule is O=C(Cn1cc(Br)c(=O)[nH]c1=O)NCCC1=CCCCC1. The summed E-state index contributed by atoms with van der Waals surface area (Å²) in [5.74, 6) is -0.243. The molecule has 0 fully saturated rings. The van der Waals surface area contributed by atoms with Gasteiger partial charge in [0.25, 0.3) is 5.56 Å². The first-order chi connectivity index (χ1) is 10.1. The van der Waals surface area contributed by atoms with Gasteiger partial charge in [-0.05, 0) is 48.0 Å². The molecule has 0 unspecified atom stereocenters. The van der Waals surface area contributed by atoms with E-state index in [-0.39, 0.29) is 16.9 Å². The average Bonchev–Trinajstić information content (AvgIpc) is 2.46. The number of amides is 1. The molecule has 0 radical (unpaired) electrons. The predicted octanol–water partition coefficient (Wildman–Crippen LogP) is 1.31. The minimum Gasteiger partial charge on any atom is -0.354 e. The quantitative estimate of drug-likeness (QED) is 0.781. The van der Waals surface area contributed by atoms with Gasteiger partial charge < -0.3 is 5.32 Å². The maximum Gasteiger partial charge on any atom is 0.328 e. The molecule has 21 heavy (non-hydrogen) atoms. The van der Waals surface area contributed by atoms with Gasteiger partial charge in [0.2, 0.25) is 5.91 Å². The van der Waals surface area contributed by atoms with E-state index >= 15 is 0 Å². The third-order valence-electron chi connectivity index (χ3n) is 3.43. The summed E-state index contributed by atoms with van der Waals surface area (Å²) in [7, 11) is 0. The van der Waals surface area contributed by atoms with Crippen LogP contribution in [0.1, 0.15) is 32.1 Å². The number of nitrogens with zero attached hydrogens (tertiary/aromatic N) is 1. The second-order valence-electron chi connectivity index (χ2n) is 5.07. The lowest BCUT2D eigenvalue weighted by molar-refractivity contribution is -0.121. The van der Waals surface area contributed by atoms with E-state index in [2.05, 4.69) is 32.3 Å². The fraction of sp³-hybridized carbons (Fsp3) is 0.500. The first kappa shape index (κ1) is 15.8. The third-order valence-corrected chi connectivity index (χ3v) is 4.00. The molecule has 0 aromatic carbocycles. The fourth-order valence-corrected chi connectivity index (χ4v) is 2.65. The van der Waals surface area contributed by atoms with Crippen molar-refractivity contribution in [3.05, 3.63) is 43.2 Å². The largest absolute Gasteiger partial charge is 0.354 e. The molecule has 0 saturated carbocycles.